The number of hydrogen-bond acceptors (Lipinski definition) is 5. The fourth-order valence-corrected chi connectivity index (χ4v) is 3.64. The molecule has 1 unspecified atom stereocenters. The van der Waals surface area contributed by atoms with Crippen molar-refractivity contribution in [1.82, 2.24) is 9.88 Å². The largest absolute Gasteiger partial charge is 0.380 e. The summed E-state index contributed by atoms with van der Waals surface area (Å²) in [6, 6.07) is 8.93. The fraction of sp³-hybridized carbons (Fsp3) is 0.471. The summed E-state index contributed by atoms with van der Waals surface area (Å²) in [6.45, 7) is 6.11. The zero-order valence-electron chi connectivity index (χ0n) is 13.1. The second-order valence-corrected chi connectivity index (χ2v) is 6.53. The second-order valence-electron chi connectivity index (χ2n) is 5.64. The van der Waals surface area contributed by atoms with Gasteiger partial charge in [0.05, 0.1) is 25.9 Å². The number of benzene rings is 1. The summed E-state index contributed by atoms with van der Waals surface area (Å²) < 4.78 is 10.8. The van der Waals surface area contributed by atoms with Crippen LogP contribution in [0.3, 0.4) is 0 Å². The van der Waals surface area contributed by atoms with Gasteiger partial charge in [-0.2, -0.15) is 0 Å². The first-order valence-corrected chi connectivity index (χ1v) is 8.45. The third-order valence-electron chi connectivity index (χ3n) is 3.88. The van der Waals surface area contributed by atoms with Crippen molar-refractivity contribution in [3.05, 3.63) is 51.5 Å². The molecule has 1 aromatic carbocycles. The highest BCUT2D eigenvalue weighted by atomic mass is 32.1. The predicted molar refractivity (Wildman–Crippen MR) is 88.0 cm³/mol. The Morgan fingerprint density at radius 3 is 2.77 bits per heavy atom. The Kier molecular flexibility index (Phi) is 5.20. The Labute approximate surface area is 135 Å². The molecule has 2 heterocycles. The number of nitrogens with zero attached hydrogens (tertiary/aromatic N) is 2. The molecule has 1 aliphatic heterocycles. The van der Waals surface area contributed by atoms with Crippen LogP contribution < -0.4 is 0 Å². The van der Waals surface area contributed by atoms with E-state index in [9.17, 15) is 0 Å². The number of ether oxygens (including phenoxy) is 2. The monoisotopic (exact) mass is 318 g/mol. The van der Waals surface area contributed by atoms with Gasteiger partial charge in [-0.3, -0.25) is 4.90 Å². The molecule has 1 saturated heterocycles. The molecule has 0 N–H and O–H groups in total. The number of aryl methyl sites for hydroxylation is 1. The molecule has 22 heavy (non-hydrogen) atoms. The molecule has 1 fully saturated rings. The zero-order chi connectivity index (χ0) is 15.4. The van der Waals surface area contributed by atoms with Crippen molar-refractivity contribution in [2.75, 3.05) is 26.9 Å². The second kappa shape index (κ2) is 7.33. The first-order chi connectivity index (χ1) is 10.8. The number of thiazole rings is 1. The van der Waals surface area contributed by atoms with E-state index in [1.807, 2.05) is 6.92 Å². The molecule has 5 heteroatoms. The third kappa shape index (κ3) is 3.73. The maximum atomic E-state index is 5.67. The van der Waals surface area contributed by atoms with Crippen LogP contribution in [0.15, 0.2) is 29.6 Å². The van der Waals surface area contributed by atoms with Crippen molar-refractivity contribution in [1.29, 1.82) is 0 Å². The van der Waals surface area contributed by atoms with Gasteiger partial charge in [0.1, 0.15) is 5.01 Å². The van der Waals surface area contributed by atoms with Gasteiger partial charge in [0.2, 0.25) is 0 Å². The van der Waals surface area contributed by atoms with E-state index in [2.05, 4.69) is 39.5 Å². The van der Waals surface area contributed by atoms with E-state index in [0.717, 1.165) is 37.0 Å². The van der Waals surface area contributed by atoms with Crippen LogP contribution in [-0.2, 0) is 22.6 Å². The third-order valence-corrected chi connectivity index (χ3v) is 4.94. The number of rotatable bonds is 5. The van der Waals surface area contributed by atoms with Gasteiger partial charge in [-0.1, -0.05) is 24.3 Å². The molecule has 1 atom stereocenters. The van der Waals surface area contributed by atoms with Crippen molar-refractivity contribution in [3.8, 4) is 0 Å². The lowest BCUT2D eigenvalue weighted by atomic mass is 10.1. The van der Waals surface area contributed by atoms with Crippen LogP contribution in [0, 0.1) is 6.92 Å². The van der Waals surface area contributed by atoms with Crippen molar-refractivity contribution >= 4 is 11.3 Å². The van der Waals surface area contributed by atoms with Crippen LogP contribution in [0.1, 0.15) is 27.9 Å². The van der Waals surface area contributed by atoms with E-state index in [0.29, 0.717) is 6.61 Å². The maximum absolute atomic E-state index is 5.67. The first-order valence-electron chi connectivity index (χ1n) is 7.57. The molecule has 1 aliphatic rings. The minimum Gasteiger partial charge on any atom is -0.380 e. The Hall–Kier alpha value is -1.27. The van der Waals surface area contributed by atoms with Gasteiger partial charge in [-0.25, -0.2) is 4.98 Å². The van der Waals surface area contributed by atoms with Crippen LogP contribution in [0.4, 0.5) is 0 Å². The molecule has 0 radical (unpaired) electrons. The molecule has 0 bridgehead atoms. The number of methoxy groups -OCH3 is 1. The zero-order valence-corrected chi connectivity index (χ0v) is 13.9. The Bertz CT molecular complexity index is 597. The molecule has 118 valence electrons. The Morgan fingerprint density at radius 2 is 2.09 bits per heavy atom. The van der Waals surface area contributed by atoms with Crippen molar-refractivity contribution in [2.45, 2.75) is 26.1 Å². The molecule has 0 saturated carbocycles. The standard InChI is InChI=1S/C17H22N2O2S/c1-13-12-22-17(18-13)16-11-21-8-7-19(16)9-14-3-5-15(6-4-14)10-20-2/h3-6,12,16H,7-11H2,1-2H3. The van der Waals surface area contributed by atoms with E-state index in [1.54, 1.807) is 18.4 Å². The maximum Gasteiger partial charge on any atom is 0.112 e. The lowest BCUT2D eigenvalue weighted by molar-refractivity contribution is -0.0128. The number of hydrogen-bond donors (Lipinski definition) is 0. The molecular weight excluding hydrogens is 296 g/mol. The van der Waals surface area contributed by atoms with Crippen LogP contribution in [0.2, 0.25) is 0 Å². The van der Waals surface area contributed by atoms with Crippen LogP contribution >= 0.6 is 11.3 Å². The van der Waals surface area contributed by atoms with Gasteiger partial charge in [0, 0.05) is 31.3 Å². The lowest BCUT2D eigenvalue weighted by Crippen LogP contribution is -2.38. The quantitative estimate of drug-likeness (QED) is 0.848. The van der Waals surface area contributed by atoms with Crippen LogP contribution in [0.5, 0.6) is 0 Å². The minimum atomic E-state index is 0.270. The summed E-state index contributed by atoms with van der Waals surface area (Å²) in [7, 11) is 1.72. The molecule has 4 nitrogen and oxygen atoms in total. The van der Waals surface area contributed by atoms with Gasteiger partial charge in [0.15, 0.2) is 0 Å². The highest BCUT2D eigenvalue weighted by Crippen LogP contribution is 2.28. The van der Waals surface area contributed by atoms with Crippen LogP contribution in [-0.4, -0.2) is 36.8 Å². The number of aromatic nitrogens is 1. The van der Waals surface area contributed by atoms with E-state index in [4.69, 9.17) is 9.47 Å². The summed E-state index contributed by atoms with van der Waals surface area (Å²) >= 11 is 1.73. The lowest BCUT2D eigenvalue weighted by Gasteiger charge is -2.34. The summed E-state index contributed by atoms with van der Waals surface area (Å²) in [5, 5.41) is 3.27. The average molecular weight is 318 g/mol. The van der Waals surface area contributed by atoms with E-state index in [1.165, 1.54) is 11.1 Å². The van der Waals surface area contributed by atoms with Crippen molar-refractivity contribution < 1.29 is 9.47 Å². The SMILES string of the molecule is COCc1ccc(CN2CCOCC2c2nc(C)cs2)cc1. The summed E-state index contributed by atoms with van der Waals surface area (Å²) in [5.74, 6) is 0. The van der Waals surface area contributed by atoms with Crippen molar-refractivity contribution in [2.24, 2.45) is 0 Å². The fourth-order valence-electron chi connectivity index (χ4n) is 2.72. The summed E-state index contributed by atoms with van der Waals surface area (Å²) in [5.41, 5.74) is 3.62. The molecular formula is C17H22N2O2S. The van der Waals surface area contributed by atoms with Gasteiger partial charge in [-0.15, -0.1) is 11.3 Å². The minimum absolute atomic E-state index is 0.270. The van der Waals surface area contributed by atoms with E-state index >= 15 is 0 Å². The summed E-state index contributed by atoms with van der Waals surface area (Å²) in [4.78, 5) is 7.11. The molecule has 2 aromatic rings. The Morgan fingerprint density at radius 1 is 1.32 bits per heavy atom. The normalized spacial score (nSPS) is 19.5. The van der Waals surface area contributed by atoms with Gasteiger partial charge < -0.3 is 9.47 Å². The molecule has 3 rings (SSSR count). The van der Waals surface area contributed by atoms with Gasteiger partial charge >= 0.3 is 0 Å². The molecule has 1 aromatic heterocycles. The summed E-state index contributed by atoms with van der Waals surface area (Å²) in [6.07, 6.45) is 0. The van der Waals surface area contributed by atoms with E-state index < -0.39 is 0 Å². The van der Waals surface area contributed by atoms with Gasteiger partial charge in [-0.05, 0) is 18.1 Å². The average Bonchev–Trinajstić information content (AvgIpc) is 2.96. The molecule has 0 aliphatic carbocycles. The molecule has 0 amide bonds. The van der Waals surface area contributed by atoms with Gasteiger partial charge in [0.25, 0.3) is 0 Å². The topological polar surface area (TPSA) is 34.6 Å². The Balaban J connectivity index is 1.71. The smallest absolute Gasteiger partial charge is 0.112 e. The number of morpholine rings is 1. The van der Waals surface area contributed by atoms with E-state index in [-0.39, 0.29) is 6.04 Å². The molecule has 0 spiro atoms. The van der Waals surface area contributed by atoms with Crippen LogP contribution in [0.25, 0.3) is 0 Å². The van der Waals surface area contributed by atoms with Crippen molar-refractivity contribution in [3.63, 3.8) is 0 Å². The highest BCUT2D eigenvalue weighted by molar-refractivity contribution is 7.09. The predicted octanol–water partition coefficient (Wildman–Crippen LogP) is 3.17. The highest BCUT2D eigenvalue weighted by Gasteiger charge is 2.26. The first kappa shape index (κ1) is 15.6.